The monoisotopic (exact) mass is 450 g/mol. The van der Waals surface area contributed by atoms with Crippen LogP contribution in [0, 0.1) is 5.82 Å². The number of nitrogens with zero attached hydrogens (tertiary/aromatic N) is 2. The van der Waals surface area contributed by atoms with E-state index in [0.29, 0.717) is 38.2 Å². The zero-order valence-electron chi connectivity index (χ0n) is 16.6. The Morgan fingerprint density at radius 1 is 0.933 bits per heavy atom. The summed E-state index contributed by atoms with van der Waals surface area (Å²) in [6.07, 6.45) is 5.06. The SMILES string of the molecule is O=C(c1ccc(Cl)c(S(=O)(=O)N2CCCCCC2)c1)N1CCCc2cc(F)ccc21. The summed E-state index contributed by atoms with van der Waals surface area (Å²) >= 11 is 6.26. The van der Waals surface area contributed by atoms with Gasteiger partial charge in [0.25, 0.3) is 5.91 Å². The fraction of sp³-hybridized carbons (Fsp3) is 0.409. The maximum atomic E-state index is 13.6. The van der Waals surface area contributed by atoms with E-state index in [0.717, 1.165) is 31.2 Å². The number of fused-ring (bicyclic) bond motifs is 1. The molecule has 0 saturated carbocycles. The molecule has 5 nitrogen and oxygen atoms in total. The van der Waals surface area contributed by atoms with E-state index >= 15 is 0 Å². The van der Waals surface area contributed by atoms with Gasteiger partial charge >= 0.3 is 0 Å². The van der Waals surface area contributed by atoms with Gasteiger partial charge in [-0.1, -0.05) is 24.4 Å². The van der Waals surface area contributed by atoms with E-state index in [1.165, 1.54) is 28.6 Å². The molecule has 30 heavy (non-hydrogen) atoms. The number of anilines is 1. The maximum absolute atomic E-state index is 13.6. The van der Waals surface area contributed by atoms with Gasteiger partial charge in [0.15, 0.2) is 0 Å². The maximum Gasteiger partial charge on any atom is 0.258 e. The van der Waals surface area contributed by atoms with Crippen LogP contribution in [0.25, 0.3) is 0 Å². The van der Waals surface area contributed by atoms with Crippen molar-refractivity contribution in [3.8, 4) is 0 Å². The molecule has 8 heteroatoms. The third-order valence-electron chi connectivity index (χ3n) is 5.77. The van der Waals surface area contributed by atoms with Crippen LogP contribution >= 0.6 is 11.6 Å². The normalized spacial score (nSPS) is 18.0. The van der Waals surface area contributed by atoms with Crippen molar-refractivity contribution >= 4 is 33.2 Å². The van der Waals surface area contributed by atoms with Crippen LogP contribution in [0.1, 0.15) is 48.0 Å². The molecule has 0 spiro atoms. The lowest BCUT2D eigenvalue weighted by molar-refractivity contribution is 0.0985. The van der Waals surface area contributed by atoms with Gasteiger partial charge in [-0.25, -0.2) is 12.8 Å². The molecule has 1 amide bonds. The van der Waals surface area contributed by atoms with Crippen LogP contribution in [0.4, 0.5) is 10.1 Å². The fourth-order valence-corrected chi connectivity index (χ4v) is 6.21. The summed E-state index contributed by atoms with van der Waals surface area (Å²) in [4.78, 5) is 14.8. The third kappa shape index (κ3) is 4.11. The van der Waals surface area contributed by atoms with E-state index < -0.39 is 10.0 Å². The third-order valence-corrected chi connectivity index (χ3v) is 8.15. The first kappa shape index (κ1) is 21.3. The molecule has 2 aromatic rings. The van der Waals surface area contributed by atoms with E-state index in [4.69, 9.17) is 11.6 Å². The molecule has 0 aromatic heterocycles. The molecule has 0 atom stereocenters. The van der Waals surface area contributed by atoms with Gasteiger partial charge in [0, 0.05) is 30.9 Å². The van der Waals surface area contributed by atoms with Crippen molar-refractivity contribution in [3.05, 3.63) is 58.4 Å². The number of benzene rings is 2. The topological polar surface area (TPSA) is 57.7 Å². The summed E-state index contributed by atoms with van der Waals surface area (Å²) < 4.78 is 41.5. The van der Waals surface area contributed by atoms with Crippen LogP contribution in [-0.2, 0) is 16.4 Å². The zero-order valence-corrected chi connectivity index (χ0v) is 18.2. The van der Waals surface area contributed by atoms with Gasteiger partial charge in [-0.15, -0.1) is 0 Å². The molecule has 0 aliphatic carbocycles. The van der Waals surface area contributed by atoms with E-state index in [1.807, 2.05) is 0 Å². The summed E-state index contributed by atoms with van der Waals surface area (Å²) in [5, 5.41) is 0.108. The molecule has 4 rings (SSSR count). The Morgan fingerprint density at radius 2 is 1.67 bits per heavy atom. The zero-order chi connectivity index (χ0) is 21.3. The minimum absolute atomic E-state index is 0.0340. The van der Waals surface area contributed by atoms with Gasteiger partial charge in [0.2, 0.25) is 10.0 Å². The predicted octanol–water partition coefficient (Wildman–Crippen LogP) is 4.64. The first-order chi connectivity index (χ1) is 14.4. The van der Waals surface area contributed by atoms with Gasteiger partial charge in [-0.05, 0) is 67.6 Å². The second kappa shape index (κ2) is 8.65. The lowest BCUT2D eigenvalue weighted by Crippen LogP contribution is -2.36. The van der Waals surface area contributed by atoms with Crippen LogP contribution in [0.15, 0.2) is 41.3 Å². The molecule has 0 unspecified atom stereocenters. The fourth-order valence-electron chi connectivity index (χ4n) is 4.19. The second-order valence-corrected chi connectivity index (χ2v) is 10.1. The molecule has 160 valence electrons. The number of hydrogen-bond acceptors (Lipinski definition) is 3. The highest BCUT2D eigenvalue weighted by atomic mass is 35.5. The molecule has 2 heterocycles. The largest absolute Gasteiger partial charge is 0.308 e. The average Bonchev–Trinajstić information content (AvgIpc) is 3.03. The Bertz CT molecular complexity index is 1070. The Kier molecular flexibility index (Phi) is 6.14. The quantitative estimate of drug-likeness (QED) is 0.684. The first-order valence-corrected chi connectivity index (χ1v) is 12.1. The Hall–Kier alpha value is -1.96. The van der Waals surface area contributed by atoms with Gasteiger partial charge in [-0.3, -0.25) is 4.79 Å². The van der Waals surface area contributed by atoms with Crippen LogP contribution in [-0.4, -0.2) is 38.3 Å². The van der Waals surface area contributed by atoms with Crippen molar-refractivity contribution in [2.24, 2.45) is 0 Å². The molecular weight excluding hydrogens is 427 g/mol. The molecule has 1 saturated heterocycles. The van der Waals surface area contributed by atoms with Crippen molar-refractivity contribution in [2.45, 2.75) is 43.4 Å². The molecule has 2 aliphatic rings. The Labute approximate surface area is 181 Å². The summed E-state index contributed by atoms with van der Waals surface area (Å²) in [5.41, 5.74) is 1.70. The number of carbonyl (C=O) groups is 1. The second-order valence-electron chi connectivity index (χ2n) is 7.80. The minimum atomic E-state index is -3.79. The lowest BCUT2D eigenvalue weighted by atomic mass is 10.0. The number of carbonyl (C=O) groups excluding carboxylic acids is 1. The molecule has 0 N–H and O–H groups in total. The molecule has 2 aliphatic heterocycles. The average molecular weight is 451 g/mol. The molecular formula is C22H24ClFN2O3S. The van der Waals surface area contributed by atoms with E-state index in [2.05, 4.69) is 0 Å². The molecule has 2 aromatic carbocycles. The van der Waals surface area contributed by atoms with Crippen molar-refractivity contribution < 1.29 is 17.6 Å². The van der Waals surface area contributed by atoms with Gasteiger partial charge in [-0.2, -0.15) is 4.31 Å². The van der Waals surface area contributed by atoms with E-state index in [-0.39, 0.29) is 27.2 Å². The standard InChI is InChI=1S/C22H24ClFN2O3S/c23-19-9-7-17(15-21(19)30(28,29)25-11-3-1-2-4-12-25)22(27)26-13-5-6-16-14-18(24)8-10-20(16)26/h7-10,14-15H,1-6,11-13H2. The first-order valence-electron chi connectivity index (χ1n) is 10.3. The summed E-state index contributed by atoms with van der Waals surface area (Å²) in [5.74, 6) is -0.646. The van der Waals surface area contributed by atoms with Gasteiger partial charge in [0.05, 0.1) is 5.02 Å². The molecule has 1 fully saturated rings. The Balaban J connectivity index is 1.68. The van der Waals surface area contributed by atoms with Crippen molar-refractivity contribution in [3.63, 3.8) is 0 Å². The highest BCUT2D eigenvalue weighted by Crippen LogP contribution is 2.31. The summed E-state index contributed by atoms with van der Waals surface area (Å²) in [6.45, 7) is 1.41. The van der Waals surface area contributed by atoms with Crippen molar-refractivity contribution in [2.75, 3.05) is 24.5 Å². The van der Waals surface area contributed by atoms with Crippen LogP contribution in [0.3, 0.4) is 0 Å². The highest BCUT2D eigenvalue weighted by Gasteiger charge is 2.30. The smallest absolute Gasteiger partial charge is 0.258 e. The molecule has 0 bridgehead atoms. The van der Waals surface area contributed by atoms with Crippen molar-refractivity contribution in [1.82, 2.24) is 4.31 Å². The summed E-state index contributed by atoms with van der Waals surface area (Å²) in [7, 11) is -3.79. The van der Waals surface area contributed by atoms with E-state index in [1.54, 1.807) is 17.0 Å². The van der Waals surface area contributed by atoms with E-state index in [9.17, 15) is 17.6 Å². The highest BCUT2D eigenvalue weighted by molar-refractivity contribution is 7.89. The lowest BCUT2D eigenvalue weighted by Gasteiger charge is -2.30. The summed E-state index contributed by atoms with van der Waals surface area (Å²) in [6, 6.07) is 8.78. The minimum Gasteiger partial charge on any atom is -0.308 e. The van der Waals surface area contributed by atoms with Gasteiger partial charge < -0.3 is 4.90 Å². The number of amides is 1. The van der Waals surface area contributed by atoms with Crippen LogP contribution in [0.5, 0.6) is 0 Å². The number of rotatable bonds is 3. The number of aryl methyl sites for hydroxylation is 1. The van der Waals surface area contributed by atoms with Crippen LogP contribution < -0.4 is 4.90 Å². The number of halogens is 2. The van der Waals surface area contributed by atoms with Gasteiger partial charge in [0.1, 0.15) is 10.7 Å². The Morgan fingerprint density at radius 3 is 2.40 bits per heavy atom. The molecule has 0 radical (unpaired) electrons. The number of hydrogen-bond donors (Lipinski definition) is 0. The predicted molar refractivity (Wildman–Crippen MR) is 115 cm³/mol. The van der Waals surface area contributed by atoms with Crippen molar-refractivity contribution in [1.29, 1.82) is 0 Å². The number of sulfonamides is 1. The van der Waals surface area contributed by atoms with Crippen LogP contribution in [0.2, 0.25) is 5.02 Å².